The number of ketones is 1. The predicted octanol–water partition coefficient (Wildman–Crippen LogP) is 8.18. The summed E-state index contributed by atoms with van der Waals surface area (Å²) < 4.78 is 0.836. The lowest BCUT2D eigenvalue weighted by Gasteiger charge is -2.22. The number of fused-ring (bicyclic) bond motifs is 1. The van der Waals surface area contributed by atoms with Crippen molar-refractivity contribution < 1.29 is 9.66 Å². The van der Waals surface area contributed by atoms with E-state index in [1.807, 2.05) is 18.2 Å². The summed E-state index contributed by atoms with van der Waals surface area (Å²) >= 11 is 2.65. The van der Waals surface area contributed by atoms with Gasteiger partial charge in [0.05, 0.1) is 27.9 Å². The minimum absolute atomic E-state index is 0.196. The van der Waals surface area contributed by atoms with Gasteiger partial charge >= 0.3 is 5.70 Å². The Morgan fingerprint density at radius 2 is 1.93 bits per heavy atom. The van der Waals surface area contributed by atoms with E-state index in [2.05, 4.69) is 50.9 Å². The number of anilines is 2. The summed E-state index contributed by atoms with van der Waals surface area (Å²) in [6.07, 6.45) is 3.76. The standard InChI is InChI=1S/C30H25N8O2S2/c1-4-6-16-36(5-2)21-14-12-20(13-15-21)34-35-30-33-29-26(42-30)18-23(41-29)17-25-28(39)27(24(19-31)32-3)37(38(25)40)22-10-8-7-9-11-22/h7-15,17-18H,4-6,16H2,1-2H3/q+1/b25-17+,27-24-,35-34?. The smallest absolute Gasteiger partial charge is 0.342 e. The fourth-order valence-corrected chi connectivity index (χ4v) is 6.38. The zero-order valence-corrected chi connectivity index (χ0v) is 24.5. The molecule has 4 aromatic rings. The van der Waals surface area contributed by atoms with Crippen LogP contribution in [-0.4, -0.2) is 28.7 Å². The molecule has 42 heavy (non-hydrogen) atoms. The van der Waals surface area contributed by atoms with Crippen LogP contribution < -0.4 is 9.91 Å². The Morgan fingerprint density at radius 3 is 2.57 bits per heavy atom. The van der Waals surface area contributed by atoms with Crippen LogP contribution in [0.25, 0.3) is 20.5 Å². The van der Waals surface area contributed by atoms with E-state index in [0.29, 0.717) is 25.4 Å². The highest BCUT2D eigenvalue weighted by atomic mass is 32.1. The van der Waals surface area contributed by atoms with Crippen LogP contribution in [0.1, 0.15) is 31.6 Å². The van der Waals surface area contributed by atoms with Crippen LogP contribution in [-0.2, 0) is 4.79 Å². The Labute approximate surface area is 250 Å². The van der Waals surface area contributed by atoms with Crippen LogP contribution in [0.3, 0.4) is 0 Å². The summed E-state index contributed by atoms with van der Waals surface area (Å²) in [6.45, 7) is 13.6. The van der Waals surface area contributed by atoms with Crippen molar-refractivity contribution in [2.75, 3.05) is 23.0 Å². The first kappa shape index (κ1) is 28.5. The Balaban J connectivity index is 1.37. The first-order chi connectivity index (χ1) is 20.5. The zero-order chi connectivity index (χ0) is 29.6. The van der Waals surface area contributed by atoms with Gasteiger partial charge in [-0.1, -0.05) is 47.9 Å². The summed E-state index contributed by atoms with van der Waals surface area (Å²) in [4.78, 5) is 38.4. The number of carbonyl (C=O) groups excluding carboxylic acids is 1. The Hall–Kier alpha value is -5.04. The molecule has 10 nitrogen and oxygen atoms in total. The van der Waals surface area contributed by atoms with Crippen LogP contribution in [0.2, 0.25) is 0 Å². The molecule has 5 rings (SSSR count). The molecule has 2 aromatic heterocycles. The van der Waals surface area contributed by atoms with Gasteiger partial charge in [0.15, 0.2) is 10.6 Å². The molecule has 0 N–H and O–H groups in total. The van der Waals surface area contributed by atoms with Crippen molar-refractivity contribution in [3.05, 3.63) is 99.0 Å². The molecule has 0 radical (unpaired) electrons. The molecule has 0 unspecified atom stereocenters. The monoisotopic (exact) mass is 593 g/mol. The summed E-state index contributed by atoms with van der Waals surface area (Å²) in [7, 11) is 0. The van der Waals surface area contributed by atoms with Gasteiger partial charge < -0.3 is 4.90 Å². The van der Waals surface area contributed by atoms with E-state index in [0.717, 1.165) is 47.0 Å². The molecule has 12 heteroatoms. The van der Waals surface area contributed by atoms with E-state index in [-0.39, 0.29) is 11.4 Å². The molecule has 0 atom stereocenters. The highest BCUT2D eigenvalue weighted by Gasteiger charge is 2.51. The number of benzene rings is 2. The Morgan fingerprint density at radius 1 is 1.17 bits per heavy atom. The van der Waals surface area contributed by atoms with Gasteiger partial charge in [0.1, 0.15) is 10.5 Å². The van der Waals surface area contributed by atoms with Gasteiger partial charge in [-0.15, -0.1) is 21.6 Å². The molecular weight excluding hydrogens is 569 g/mol. The van der Waals surface area contributed by atoms with Gasteiger partial charge in [-0.2, -0.15) is 0 Å². The normalized spacial score (nSPS) is 15.5. The van der Waals surface area contributed by atoms with Crippen LogP contribution in [0, 0.1) is 22.8 Å². The van der Waals surface area contributed by atoms with Crippen molar-refractivity contribution in [3.63, 3.8) is 0 Å². The summed E-state index contributed by atoms with van der Waals surface area (Å²) in [5.74, 6) is -0.695. The summed E-state index contributed by atoms with van der Waals surface area (Å²) in [5.41, 5.74) is 1.34. The maximum Gasteiger partial charge on any atom is 0.342 e. The highest BCUT2D eigenvalue weighted by Crippen LogP contribution is 2.38. The number of thiazole rings is 1. The third kappa shape index (κ3) is 5.72. The molecule has 1 aliphatic rings. The van der Waals surface area contributed by atoms with Gasteiger partial charge in [0, 0.05) is 29.7 Å². The molecule has 1 saturated heterocycles. The van der Waals surface area contributed by atoms with Gasteiger partial charge in [-0.05, 0) is 55.8 Å². The van der Waals surface area contributed by atoms with E-state index in [4.69, 9.17) is 6.57 Å². The lowest BCUT2D eigenvalue weighted by molar-refractivity contribution is -0.488. The maximum absolute atomic E-state index is 13.3. The quantitative estimate of drug-likeness (QED) is 0.0636. The number of allylic oxidation sites excluding steroid dienone is 1. The van der Waals surface area contributed by atoms with Crippen LogP contribution in [0.4, 0.5) is 22.2 Å². The molecule has 0 aliphatic carbocycles. The number of nitrogens with zero attached hydrogens (tertiary/aromatic N) is 8. The first-order valence-corrected chi connectivity index (χ1v) is 14.9. The molecule has 0 amide bonds. The van der Waals surface area contributed by atoms with Crippen molar-refractivity contribution in [2.24, 2.45) is 10.2 Å². The van der Waals surface area contributed by atoms with Crippen molar-refractivity contribution >= 4 is 66.3 Å². The van der Waals surface area contributed by atoms with Crippen LogP contribution >= 0.6 is 22.7 Å². The predicted molar refractivity (Wildman–Crippen MR) is 166 cm³/mol. The minimum atomic E-state index is -0.695. The molecule has 1 fully saturated rings. The zero-order valence-electron chi connectivity index (χ0n) is 22.9. The molecule has 2 aromatic carbocycles. The second kappa shape index (κ2) is 12.6. The van der Waals surface area contributed by atoms with E-state index >= 15 is 0 Å². The number of carbonyl (C=O) groups is 1. The average molecular weight is 594 g/mol. The number of hydrazine groups is 1. The fourth-order valence-electron chi connectivity index (χ4n) is 4.41. The fraction of sp³-hybridized carbons (Fsp3) is 0.200. The minimum Gasteiger partial charge on any atom is -0.372 e. The molecule has 1 aliphatic heterocycles. The van der Waals surface area contributed by atoms with Crippen molar-refractivity contribution in [2.45, 2.75) is 26.7 Å². The molecule has 208 valence electrons. The lowest BCUT2D eigenvalue weighted by atomic mass is 10.2. The van der Waals surface area contributed by atoms with E-state index < -0.39 is 11.5 Å². The van der Waals surface area contributed by atoms with E-state index in [1.165, 1.54) is 28.7 Å². The van der Waals surface area contributed by atoms with Crippen molar-refractivity contribution in [3.8, 4) is 6.07 Å². The largest absolute Gasteiger partial charge is 0.372 e. The third-order valence-corrected chi connectivity index (χ3v) is 8.49. The number of aromatic nitrogens is 1. The number of unbranched alkanes of at least 4 members (excludes halogenated alkanes) is 1. The first-order valence-electron chi connectivity index (χ1n) is 13.2. The number of azo groups is 1. The maximum atomic E-state index is 13.3. The summed E-state index contributed by atoms with van der Waals surface area (Å²) in [6, 6.07) is 20.0. The number of hydrogen-bond donors (Lipinski definition) is 0. The average Bonchev–Trinajstić information content (AvgIpc) is 3.65. The van der Waals surface area contributed by atoms with E-state index in [9.17, 15) is 15.0 Å². The van der Waals surface area contributed by atoms with Crippen molar-refractivity contribution in [1.82, 2.24) is 4.98 Å². The van der Waals surface area contributed by atoms with E-state index in [1.54, 1.807) is 36.4 Å². The molecule has 0 saturated carbocycles. The summed E-state index contributed by atoms with van der Waals surface area (Å²) in [5, 5.41) is 19.6. The number of hydrogen-bond acceptors (Lipinski definition) is 9. The van der Waals surface area contributed by atoms with Crippen LogP contribution in [0.5, 0.6) is 0 Å². The molecule has 0 bridgehead atoms. The van der Waals surface area contributed by atoms with Gasteiger partial charge in [0.2, 0.25) is 5.13 Å². The lowest BCUT2D eigenvalue weighted by Crippen LogP contribution is -2.25. The van der Waals surface area contributed by atoms with Gasteiger partial charge in [0.25, 0.3) is 11.5 Å². The Kier molecular flexibility index (Phi) is 8.58. The van der Waals surface area contributed by atoms with Crippen LogP contribution in [0.15, 0.2) is 88.0 Å². The molecule has 0 spiro atoms. The topological polar surface area (TPSA) is 109 Å². The number of thiophene rings is 1. The highest BCUT2D eigenvalue weighted by molar-refractivity contribution is 7.29. The molecular formula is C30H25N8O2S2+. The second-order valence-electron chi connectivity index (χ2n) is 9.16. The SMILES string of the molecule is [C-]#[N+]/C(C#N)=C1/C(=O)/C(=C\c2cc3sc(N=Nc4ccc(N(CC)CCCC)cc4)nc3s2)[N+](=O)N1c1ccccc1. The number of Topliss-reactive ketones (excluding diaryl/α,β-unsaturated/α-hetero) is 1. The number of nitriles is 1. The third-order valence-electron chi connectivity index (χ3n) is 6.50. The number of rotatable bonds is 9. The second-order valence-corrected chi connectivity index (χ2v) is 11.2. The van der Waals surface area contributed by atoms with Crippen molar-refractivity contribution in [1.29, 1.82) is 5.26 Å². The number of nitroso groups, excluding NO2 is 1. The number of para-hydroxylation sites is 1. The van der Waals surface area contributed by atoms with Gasteiger partial charge in [-0.25, -0.2) is 15.1 Å². The molecule has 3 heterocycles. The Bertz CT molecular complexity index is 1780. The van der Waals surface area contributed by atoms with Gasteiger partial charge in [-0.3, -0.25) is 4.79 Å².